The van der Waals surface area contributed by atoms with Gasteiger partial charge in [0.25, 0.3) is 5.91 Å². The first-order chi connectivity index (χ1) is 13.0. The molecule has 2 aromatic rings. The van der Waals surface area contributed by atoms with Crippen molar-refractivity contribution >= 4 is 23.2 Å². The Morgan fingerprint density at radius 2 is 2.26 bits per heavy atom. The highest BCUT2D eigenvalue weighted by Crippen LogP contribution is 2.33. The average Bonchev–Trinajstić information content (AvgIpc) is 3.39. The zero-order valence-electron chi connectivity index (χ0n) is 15.3. The molecule has 2 aliphatic rings. The maximum absolute atomic E-state index is 12.5. The van der Waals surface area contributed by atoms with Gasteiger partial charge in [0.1, 0.15) is 17.0 Å². The minimum atomic E-state index is -0.440. The van der Waals surface area contributed by atoms with Crippen molar-refractivity contribution < 1.29 is 14.3 Å². The van der Waals surface area contributed by atoms with Gasteiger partial charge < -0.3 is 15.0 Å². The number of hydrogen-bond acceptors (Lipinski definition) is 7. The summed E-state index contributed by atoms with van der Waals surface area (Å²) in [4.78, 5) is 30.2. The van der Waals surface area contributed by atoms with Crippen molar-refractivity contribution in [1.29, 1.82) is 0 Å². The second kappa shape index (κ2) is 7.01. The number of ether oxygens (including phenoxy) is 1. The second-order valence-electron chi connectivity index (χ2n) is 7.34. The standard InChI is InChI=1S/C17H22N6O3S/c1-11(2)15(24)18-5-12-14-6-26-17(9-23(14)21-20-12)3-4-22(8-17)16(25)13-7-27-10-19-13/h7,10-11H,3-6,8-9H2,1-2H3,(H,18,24). The first-order valence-corrected chi connectivity index (χ1v) is 9.92. The van der Waals surface area contributed by atoms with Crippen LogP contribution in [0.15, 0.2) is 10.9 Å². The summed E-state index contributed by atoms with van der Waals surface area (Å²) < 4.78 is 8.02. The number of amides is 2. The van der Waals surface area contributed by atoms with E-state index in [-0.39, 0.29) is 17.7 Å². The van der Waals surface area contributed by atoms with Gasteiger partial charge in [0.15, 0.2) is 0 Å². The maximum atomic E-state index is 12.5. The van der Waals surface area contributed by atoms with Crippen LogP contribution in [0.1, 0.15) is 42.1 Å². The van der Waals surface area contributed by atoms with E-state index in [1.807, 2.05) is 18.5 Å². The molecule has 0 bridgehead atoms. The number of likely N-dealkylation sites (tertiary alicyclic amines) is 1. The number of hydrogen-bond donors (Lipinski definition) is 1. The number of thiazole rings is 1. The third-order valence-electron chi connectivity index (χ3n) is 5.08. The van der Waals surface area contributed by atoms with E-state index < -0.39 is 5.60 Å². The number of aromatic nitrogens is 4. The molecular weight excluding hydrogens is 368 g/mol. The molecule has 0 aromatic carbocycles. The third-order valence-corrected chi connectivity index (χ3v) is 5.67. The van der Waals surface area contributed by atoms with Crippen molar-refractivity contribution in [1.82, 2.24) is 30.2 Å². The Kier molecular flexibility index (Phi) is 4.68. The number of rotatable bonds is 4. The predicted molar refractivity (Wildman–Crippen MR) is 96.9 cm³/mol. The van der Waals surface area contributed by atoms with Crippen LogP contribution in [0.3, 0.4) is 0 Å². The third kappa shape index (κ3) is 3.46. The summed E-state index contributed by atoms with van der Waals surface area (Å²) >= 11 is 1.41. The minimum absolute atomic E-state index is 0.0167. The highest BCUT2D eigenvalue weighted by molar-refractivity contribution is 7.07. The molecule has 27 heavy (non-hydrogen) atoms. The number of nitrogens with one attached hydrogen (secondary N) is 1. The largest absolute Gasteiger partial charge is 0.365 e. The number of carbonyl (C=O) groups excluding carboxylic acids is 2. The van der Waals surface area contributed by atoms with Crippen molar-refractivity contribution in [3.8, 4) is 0 Å². The summed E-state index contributed by atoms with van der Waals surface area (Å²) in [5.41, 5.74) is 3.32. The van der Waals surface area contributed by atoms with Gasteiger partial charge in [-0.05, 0) is 6.42 Å². The van der Waals surface area contributed by atoms with Crippen molar-refractivity contribution in [2.45, 2.75) is 45.6 Å². The van der Waals surface area contributed by atoms with E-state index in [0.29, 0.717) is 38.5 Å². The van der Waals surface area contributed by atoms with E-state index in [2.05, 4.69) is 20.6 Å². The monoisotopic (exact) mass is 390 g/mol. The fourth-order valence-electron chi connectivity index (χ4n) is 3.45. The van der Waals surface area contributed by atoms with E-state index in [0.717, 1.165) is 17.8 Å². The molecule has 1 atom stereocenters. The summed E-state index contributed by atoms with van der Waals surface area (Å²) in [6.45, 7) is 6.12. The van der Waals surface area contributed by atoms with E-state index in [4.69, 9.17) is 4.74 Å². The first kappa shape index (κ1) is 18.1. The van der Waals surface area contributed by atoms with Crippen LogP contribution in [0.4, 0.5) is 0 Å². The Labute approximate surface area is 160 Å². The molecule has 1 fully saturated rings. The Morgan fingerprint density at radius 1 is 1.41 bits per heavy atom. The summed E-state index contributed by atoms with van der Waals surface area (Å²) in [6, 6.07) is 0. The van der Waals surface area contributed by atoms with Crippen molar-refractivity contribution in [3.63, 3.8) is 0 Å². The lowest BCUT2D eigenvalue weighted by Crippen LogP contribution is -2.45. The molecule has 1 spiro atoms. The Hall–Kier alpha value is -2.33. The maximum Gasteiger partial charge on any atom is 0.273 e. The highest BCUT2D eigenvalue weighted by Gasteiger charge is 2.45. The quantitative estimate of drug-likeness (QED) is 0.829. The SMILES string of the molecule is CC(C)C(=O)NCc1nnn2c1COC1(CCN(C(=O)c3cscn3)C1)C2. The molecule has 10 heteroatoms. The van der Waals surface area contributed by atoms with Crippen LogP contribution in [0.25, 0.3) is 0 Å². The van der Waals surface area contributed by atoms with Gasteiger partial charge in [-0.3, -0.25) is 9.59 Å². The fraction of sp³-hybridized carbons (Fsp3) is 0.588. The molecule has 1 unspecified atom stereocenters. The van der Waals surface area contributed by atoms with E-state index in [1.165, 1.54) is 11.3 Å². The average molecular weight is 390 g/mol. The molecule has 2 aromatic heterocycles. The van der Waals surface area contributed by atoms with Gasteiger partial charge in [0.2, 0.25) is 5.91 Å². The molecule has 0 radical (unpaired) electrons. The van der Waals surface area contributed by atoms with E-state index in [9.17, 15) is 9.59 Å². The lowest BCUT2D eigenvalue weighted by molar-refractivity contribution is -0.124. The van der Waals surface area contributed by atoms with E-state index in [1.54, 1.807) is 15.8 Å². The van der Waals surface area contributed by atoms with Gasteiger partial charge in [-0.15, -0.1) is 16.4 Å². The lowest BCUT2D eigenvalue weighted by atomic mass is 10.0. The van der Waals surface area contributed by atoms with Gasteiger partial charge in [0, 0.05) is 17.8 Å². The molecule has 2 amide bonds. The molecule has 2 aliphatic heterocycles. The summed E-state index contributed by atoms with van der Waals surface area (Å²) in [7, 11) is 0. The zero-order valence-corrected chi connectivity index (χ0v) is 16.2. The second-order valence-corrected chi connectivity index (χ2v) is 8.05. The number of carbonyl (C=O) groups is 2. The molecule has 4 rings (SSSR count). The molecular formula is C17H22N6O3S. The molecule has 1 saturated heterocycles. The summed E-state index contributed by atoms with van der Waals surface area (Å²) in [5.74, 6) is -0.147. The van der Waals surface area contributed by atoms with Gasteiger partial charge in [-0.25, -0.2) is 9.67 Å². The topological polar surface area (TPSA) is 102 Å². The Morgan fingerprint density at radius 3 is 3.00 bits per heavy atom. The molecule has 0 aliphatic carbocycles. The van der Waals surface area contributed by atoms with Crippen molar-refractivity contribution in [2.24, 2.45) is 5.92 Å². The zero-order chi connectivity index (χ0) is 19.0. The smallest absolute Gasteiger partial charge is 0.273 e. The summed E-state index contributed by atoms with van der Waals surface area (Å²) in [5, 5.41) is 13.1. The van der Waals surface area contributed by atoms with Crippen LogP contribution in [0, 0.1) is 5.92 Å². The van der Waals surface area contributed by atoms with Gasteiger partial charge in [-0.2, -0.15) is 0 Å². The molecule has 9 nitrogen and oxygen atoms in total. The van der Waals surface area contributed by atoms with Crippen LogP contribution >= 0.6 is 11.3 Å². The van der Waals surface area contributed by atoms with Gasteiger partial charge in [-0.1, -0.05) is 19.1 Å². The van der Waals surface area contributed by atoms with Gasteiger partial charge in [0.05, 0.1) is 37.4 Å². The fourth-order valence-corrected chi connectivity index (χ4v) is 3.98. The first-order valence-electron chi connectivity index (χ1n) is 8.98. The molecule has 1 N–H and O–H groups in total. The normalized spacial score (nSPS) is 21.7. The lowest BCUT2D eigenvalue weighted by Gasteiger charge is -2.33. The van der Waals surface area contributed by atoms with Crippen LogP contribution in [-0.4, -0.2) is 55.4 Å². The van der Waals surface area contributed by atoms with Gasteiger partial charge >= 0.3 is 0 Å². The number of fused-ring (bicyclic) bond motifs is 1. The predicted octanol–water partition coefficient (Wildman–Crippen LogP) is 0.822. The van der Waals surface area contributed by atoms with Crippen LogP contribution in [0.5, 0.6) is 0 Å². The van der Waals surface area contributed by atoms with Crippen molar-refractivity contribution in [2.75, 3.05) is 13.1 Å². The minimum Gasteiger partial charge on any atom is -0.365 e. The summed E-state index contributed by atoms with van der Waals surface area (Å²) in [6.07, 6.45) is 0.752. The van der Waals surface area contributed by atoms with E-state index >= 15 is 0 Å². The number of nitrogens with zero attached hydrogens (tertiary/aromatic N) is 5. The van der Waals surface area contributed by atoms with Crippen LogP contribution in [0.2, 0.25) is 0 Å². The van der Waals surface area contributed by atoms with Crippen LogP contribution in [-0.2, 0) is 29.2 Å². The molecule has 4 heterocycles. The molecule has 0 saturated carbocycles. The molecule has 144 valence electrons. The Bertz CT molecular complexity index is 849. The van der Waals surface area contributed by atoms with Crippen molar-refractivity contribution in [3.05, 3.63) is 28.0 Å². The Balaban J connectivity index is 1.42. The highest BCUT2D eigenvalue weighted by atomic mass is 32.1. The van der Waals surface area contributed by atoms with Crippen LogP contribution < -0.4 is 5.32 Å².